The maximum Gasteiger partial charge on any atom is 0.409 e. The van der Waals surface area contributed by atoms with Gasteiger partial charge in [-0.05, 0) is 45.6 Å². The number of aliphatic hydroxyl groups excluding tert-OH is 1. The second kappa shape index (κ2) is 10.7. The van der Waals surface area contributed by atoms with Crippen LogP contribution in [-0.4, -0.2) is 78.2 Å². The fraction of sp³-hybridized carbons (Fsp3) is 0.905. The van der Waals surface area contributed by atoms with Gasteiger partial charge in [-0.15, -0.1) is 0 Å². The average Bonchev–Trinajstić information content (AvgIpc) is 2.58. The van der Waals surface area contributed by atoms with Crippen LogP contribution < -0.4 is 0 Å². The van der Waals surface area contributed by atoms with Crippen molar-refractivity contribution < 1.29 is 24.5 Å². The third kappa shape index (κ3) is 8.54. The van der Waals surface area contributed by atoms with E-state index in [9.17, 15) is 19.8 Å². The molecule has 0 heterocycles. The predicted octanol–water partition coefficient (Wildman–Crippen LogP) is 4.48. The number of nitrogens with zero attached hydrogens (tertiary/aromatic N) is 2. The molecule has 0 bridgehead atoms. The highest BCUT2D eigenvalue weighted by molar-refractivity contribution is 6.76. The van der Waals surface area contributed by atoms with E-state index in [2.05, 4.69) is 19.6 Å². The number of hydrogen-bond acceptors (Lipinski definition) is 4. The van der Waals surface area contributed by atoms with E-state index in [4.69, 9.17) is 4.74 Å². The van der Waals surface area contributed by atoms with Crippen molar-refractivity contribution in [1.82, 2.24) is 9.80 Å². The number of ether oxygens (including phenoxy) is 1. The lowest BCUT2D eigenvalue weighted by atomic mass is 9.81. The summed E-state index contributed by atoms with van der Waals surface area (Å²) in [5, 5.41) is 21.0. The van der Waals surface area contributed by atoms with Crippen LogP contribution in [0.4, 0.5) is 9.59 Å². The third-order valence-corrected chi connectivity index (χ3v) is 7.34. The smallest absolute Gasteiger partial charge is 0.409 e. The van der Waals surface area contributed by atoms with Crippen LogP contribution in [0.3, 0.4) is 0 Å². The minimum atomic E-state index is -1.31. The maximum atomic E-state index is 12.5. The predicted molar refractivity (Wildman–Crippen MR) is 118 cm³/mol. The summed E-state index contributed by atoms with van der Waals surface area (Å²) in [5.41, 5.74) is -0.700. The van der Waals surface area contributed by atoms with Crippen molar-refractivity contribution in [3.8, 4) is 0 Å². The molecule has 2 amide bonds. The van der Waals surface area contributed by atoms with Crippen LogP contribution in [0, 0.1) is 5.92 Å². The van der Waals surface area contributed by atoms with Crippen LogP contribution in [0.25, 0.3) is 0 Å². The Balaban J connectivity index is 2.94. The van der Waals surface area contributed by atoms with Crippen molar-refractivity contribution in [3.63, 3.8) is 0 Å². The van der Waals surface area contributed by atoms with Crippen LogP contribution in [0.1, 0.15) is 52.9 Å². The third-order valence-electron chi connectivity index (χ3n) is 5.64. The number of carbonyl (C=O) groups excluding carboxylic acids is 1. The van der Waals surface area contributed by atoms with Crippen molar-refractivity contribution in [2.45, 2.75) is 96.2 Å². The van der Waals surface area contributed by atoms with Gasteiger partial charge in [0.05, 0.1) is 18.8 Å². The Hall–Kier alpha value is -1.28. The quantitative estimate of drug-likeness (QED) is 0.554. The number of likely N-dealkylation sites (N-methyl/N-ethyl adjacent to an activating group) is 1. The molecule has 0 aromatic rings. The van der Waals surface area contributed by atoms with Gasteiger partial charge in [0.2, 0.25) is 0 Å². The second-order valence-electron chi connectivity index (χ2n) is 10.6. The van der Waals surface area contributed by atoms with Crippen molar-refractivity contribution >= 4 is 20.3 Å². The first-order valence-electron chi connectivity index (χ1n) is 10.8. The van der Waals surface area contributed by atoms with Gasteiger partial charge >= 0.3 is 12.2 Å². The van der Waals surface area contributed by atoms with Crippen molar-refractivity contribution in [2.75, 3.05) is 20.2 Å². The highest BCUT2D eigenvalue weighted by Crippen LogP contribution is 2.31. The molecule has 0 radical (unpaired) electrons. The molecule has 0 aliphatic heterocycles. The SMILES string of the molecule is CN(C[C@H]([C@@H](O)C1CCCCC1)N(C(=O)O)C(C)(C)C)C(=O)OCC[Si](C)(C)C. The molecule has 0 unspecified atom stereocenters. The molecule has 1 aliphatic rings. The van der Waals surface area contributed by atoms with E-state index < -0.39 is 37.9 Å². The van der Waals surface area contributed by atoms with Crippen LogP contribution >= 0.6 is 0 Å². The van der Waals surface area contributed by atoms with E-state index in [0.29, 0.717) is 6.61 Å². The van der Waals surface area contributed by atoms with Gasteiger partial charge in [0.15, 0.2) is 0 Å². The number of hydrogen-bond donors (Lipinski definition) is 2. The molecule has 7 nitrogen and oxygen atoms in total. The summed E-state index contributed by atoms with van der Waals surface area (Å²) in [6.07, 6.45) is 2.65. The topological polar surface area (TPSA) is 90.3 Å². The maximum absolute atomic E-state index is 12.5. The molecule has 0 aromatic carbocycles. The fourth-order valence-corrected chi connectivity index (χ4v) is 4.68. The highest BCUT2D eigenvalue weighted by atomic mass is 28.3. The van der Waals surface area contributed by atoms with E-state index in [-0.39, 0.29) is 12.5 Å². The molecule has 170 valence electrons. The Morgan fingerprint density at radius 1 is 1.14 bits per heavy atom. The van der Waals surface area contributed by atoms with E-state index >= 15 is 0 Å². The molecule has 2 atom stereocenters. The molecule has 1 saturated carbocycles. The zero-order valence-electron chi connectivity index (χ0n) is 19.4. The first kappa shape index (κ1) is 25.8. The van der Waals surface area contributed by atoms with E-state index in [0.717, 1.165) is 38.1 Å². The van der Waals surface area contributed by atoms with Gasteiger partial charge < -0.3 is 19.8 Å². The molecule has 2 N–H and O–H groups in total. The molecule has 29 heavy (non-hydrogen) atoms. The lowest BCUT2D eigenvalue weighted by molar-refractivity contribution is -0.0348. The molecule has 0 aromatic heterocycles. The summed E-state index contributed by atoms with van der Waals surface area (Å²) in [7, 11) is 0.301. The van der Waals surface area contributed by atoms with E-state index in [1.165, 1.54) is 9.80 Å². The Morgan fingerprint density at radius 3 is 2.14 bits per heavy atom. The van der Waals surface area contributed by atoms with Gasteiger partial charge in [0.1, 0.15) is 0 Å². The minimum absolute atomic E-state index is 0.0502. The Bertz CT molecular complexity index is 538. The van der Waals surface area contributed by atoms with Gasteiger partial charge in [0.25, 0.3) is 0 Å². The van der Waals surface area contributed by atoms with Gasteiger partial charge in [-0.25, -0.2) is 9.59 Å². The molecular weight excluding hydrogens is 388 g/mol. The summed E-state index contributed by atoms with van der Waals surface area (Å²) >= 11 is 0. The average molecular weight is 431 g/mol. The highest BCUT2D eigenvalue weighted by Gasteiger charge is 2.41. The minimum Gasteiger partial charge on any atom is -0.465 e. The van der Waals surface area contributed by atoms with Crippen LogP contribution in [0.5, 0.6) is 0 Å². The fourth-order valence-electron chi connectivity index (χ4n) is 3.97. The summed E-state index contributed by atoms with van der Waals surface area (Å²) < 4.78 is 5.41. The first-order chi connectivity index (χ1) is 13.2. The first-order valence-corrected chi connectivity index (χ1v) is 14.5. The molecular formula is C21H42N2O5Si. The zero-order chi connectivity index (χ0) is 22.4. The number of carboxylic acid groups (broad SMARTS) is 1. The summed E-state index contributed by atoms with van der Waals surface area (Å²) in [4.78, 5) is 27.3. The van der Waals surface area contributed by atoms with Crippen LogP contribution in [0.15, 0.2) is 0 Å². The largest absolute Gasteiger partial charge is 0.465 e. The van der Waals surface area contributed by atoms with E-state index in [1.54, 1.807) is 7.05 Å². The number of amides is 2. The van der Waals surface area contributed by atoms with Crippen molar-refractivity contribution in [2.24, 2.45) is 5.92 Å². The van der Waals surface area contributed by atoms with Gasteiger partial charge in [-0.2, -0.15) is 0 Å². The monoisotopic (exact) mass is 430 g/mol. The Kier molecular flexibility index (Phi) is 9.46. The summed E-state index contributed by atoms with van der Waals surface area (Å²) in [6, 6.07) is 0.175. The second-order valence-corrected chi connectivity index (χ2v) is 16.2. The summed E-state index contributed by atoms with van der Waals surface area (Å²) in [6.45, 7) is 12.6. The summed E-state index contributed by atoms with van der Waals surface area (Å²) in [5.74, 6) is 0.0502. The Morgan fingerprint density at radius 2 is 1.69 bits per heavy atom. The lowest BCUT2D eigenvalue weighted by Gasteiger charge is -2.45. The number of carbonyl (C=O) groups is 2. The normalized spacial score (nSPS) is 18.1. The Labute approximate surface area is 177 Å². The van der Waals surface area contributed by atoms with E-state index in [1.807, 2.05) is 20.8 Å². The van der Waals surface area contributed by atoms with Crippen LogP contribution in [0.2, 0.25) is 25.7 Å². The number of rotatable bonds is 8. The number of aliphatic hydroxyl groups is 1. The standard InChI is InChI=1S/C21H42N2O5Si/c1-21(2,3)23(19(25)26)17(18(24)16-11-9-8-10-12-16)15-22(4)20(27)28-13-14-29(5,6)7/h16-18,24H,8-15H2,1-7H3,(H,25,26)/t17-,18+/m1/s1. The molecule has 1 rings (SSSR count). The lowest BCUT2D eigenvalue weighted by Crippen LogP contribution is -2.60. The molecule has 1 aliphatic carbocycles. The van der Waals surface area contributed by atoms with Crippen molar-refractivity contribution in [3.05, 3.63) is 0 Å². The molecule has 0 spiro atoms. The van der Waals surface area contributed by atoms with Gasteiger partial charge in [-0.1, -0.05) is 38.9 Å². The van der Waals surface area contributed by atoms with Gasteiger partial charge in [-0.3, -0.25) is 4.90 Å². The molecule has 1 fully saturated rings. The molecule has 8 heteroatoms. The van der Waals surface area contributed by atoms with Gasteiger partial charge in [0, 0.05) is 27.2 Å². The van der Waals surface area contributed by atoms with Crippen molar-refractivity contribution in [1.29, 1.82) is 0 Å². The zero-order valence-corrected chi connectivity index (χ0v) is 20.4. The van der Waals surface area contributed by atoms with Crippen LogP contribution in [-0.2, 0) is 4.74 Å². The molecule has 0 saturated heterocycles.